The molecule has 0 aliphatic carbocycles. The number of hydrogen-bond donors (Lipinski definition) is 0. The van der Waals surface area contributed by atoms with Gasteiger partial charge in [-0.15, -0.1) is 0 Å². The second-order valence-electron chi connectivity index (χ2n) is 12.9. The molecule has 0 unspecified atom stereocenters. The van der Waals surface area contributed by atoms with Gasteiger partial charge in [-0.3, -0.25) is 0 Å². The largest absolute Gasteiger partial charge is 0.456 e. The van der Waals surface area contributed by atoms with Gasteiger partial charge in [0.15, 0.2) is 0 Å². The highest BCUT2D eigenvalue weighted by Gasteiger charge is 2.23. The van der Waals surface area contributed by atoms with Crippen molar-refractivity contribution in [3.8, 4) is 27.9 Å². The number of fused-ring (bicyclic) bond motifs is 6. The summed E-state index contributed by atoms with van der Waals surface area (Å²) in [5.74, 6) is 0. The molecule has 240 valence electrons. The Kier molecular flexibility index (Phi) is 6.81. The van der Waals surface area contributed by atoms with Crippen LogP contribution < -0.4 is 4.90 Å². The van der Waals surface area contributed by atoms with Crippen molar-refractivity contribution in [1.29, 1.82) is 0 Å². The van der Waals surface area contributed by atoms with Crippen LogP contribution in [-0.4, -0.2) is 4.57 Å². The van der Waals surface area contributed by atoms with E-state index in [9.17, 15) is 0 Å². The Balaban J connectivity index is 1.29. The van der Waals surface area contributed by atoms with Crippen LogP contribution in [0.15, 0.2) is 199 Å². The molecule has 0 spiro atoms. The highest BCUT2D eigenvalue weighted by molar-refractivity contribution is 6.15. The minimum atomic E-state index is 0.866. The molecule has 3 nitrogen and oxygen atoms in total. The number of para-hydroxylation sites is 3. The fourth-order valence-corrected chi connectivity index (χ4v) is 7.70. The molecule has 0 bridgehead atoms. The third-order valence-corrected chi connectivity index (χ3v) is 9.98. The van der Waals surface area contributed by atoms with Crippen molar-refractivity contribution >= 4 is 60.8 Å². The number of benzene rings is 8. The van der Waals surface area contributed by atoms with E-state index in [4.69, 9.17) is 4.42 Å². The molecule has 0 atom stereocenters. The summed E-state index contributed by atoms with van der Waals surface area (Å²) in [5.41, 5.74) is 13.2. The van der Waals surface area contributed by atoms with Crippen molar-refractivity contribution in [3.05, 3.63) is 194 Å². The van der Waals surface area contributed by atoms with Crippen molar-refractivity contribution in [3.63, 3.8) is 0 Å². The lowest BCUT2D eigenvalue weighted by Crippen LogP contribution is -2.11. The van der Waals surface area contributed by atoms with Crippen LogP contribution in [-0.2, 0) is 0 Å². The third-order valence-electron chi connectivity index (χ3n) is 9.98. The Hall–Kier alpha value is -6.84. The van der Waals surface area contributed by atoms with Gasteiger partial charge in [0, 0.05) is 33.1 Å². The van der Waals surface area contributed by atoms with E-state index in [1.54, 1.807) is 0 Å². The second kappa shape index (κ2) is 11.9. The van der Waals surface area contributed by atoms with E-state index >= 15 is 0 Å². The average Bonchev–Trinajstić information content (AvgIpc) is 3.75. The van der Waals surface area contributed by atoms with E-state index in [-0.39, 0.29) is 0 Å². The Labute approximate surface area is 295 Å². The maximum Gasteiger partial charge on any atom is 0.137 e. The Morgan fingerprint density at radius 2 is 1.00 bits per heavy atom. The van der Waals surface area contributed by atoms with Crippen LogP contribution in [0, 0.1) is 0 Å². The fraction of sp³-hybridized carbons (Fsp3) is 0. The van der Waals surface area contributed by atoms with E-state index in [0.29, 0.717) is 0 Å². The van der Waals surface area contributed by atoms with E-state index < -0.39 is 0 Å². The monoisotopic (exact) mass is 652 g/mol. The highest BCUT2D eigenvalue weighted by Crippen LogP contribution is 2.47. The summed E-state index contributed by atoms with van der Waals surface area (Å²) in [7, 11) is 0. The lowest BCUT2D eigenvalue weighted by Gasteiger charge is -2.28. The first-order valence-corrected chi connectivity index (χ1v) is 17.4. The molecular weight excluding hydrogens is 621 g/mol. The first-order chi connectivity index (χ1) is 25.3. The molecule has 0 saturated carbocycles. The van der Waals surface area contributed by atoms with Gasteiger partial charge in [-0.05, 0) is 83.4 Å². The van der Waals surface area contributed by atoms with Gasteiger partial charge in [0.1, 0.15) is 11.2 Å². The van der Waals surface area contributed by atoms with Gasteiger partial charge in [-0.2, -0.15) is 0 Å². The van der Waals surface area contributed by atoms with Gasteiger partial charge in [0.2, 0.25) is 0 Å². The first kappa shape index (κ1) is 29.1. The van der Waals surface area contributed by atoms with E-state index in [1.807, 2.05) is 6.07 Å². The summed E-state index contributed by atoms with van der Waals surface area (Å²) >= 11 is 0. The number of hydrogen-bond acceptors (Lipinski definition) is 2. The minimum absolute atomic E-state index is 0.866. The van der Waals surface area contributed by atoms with Crippen LogP contribution in [0.5, 0.6) is 0 Å². The Morgan fingerprint density at radius 1 is 0.392 bits per heavy atom. The summed E-state index contributed by atoms with van der Waals surface area (Å²) in [6.07, 6.45) is 0. The Morgan fingerprint density at radius 3 is 1.80 bits per heavy atom. The van der Waals surface area contributed by atoms with Crippen LogP contribution >= 0.6 is 0 Å². The number of anilines is 3. The standard InChI is InChI=1S/C48H32N2O/c1-4-15-33(16-5-1)35-27-29-43-40(31-35)41-32-37(28-30-44(41)49(43)36-19-8-3-9-20-36)50(42-23-12-10-21-38(42)34-17-6-2-7-18-34)45-24-14-26-47-48(45)39-22-11-13-25-46(39)51-47/h1-32H. The highest BCUT2D eigenvalue weighted by atomic mass is 16.3. The van der Waals surface area contributed by atoms with Crippen molar-refractivity contribution in [1.82, 2.24) is 4.57 Å². The van der Waals surface area contributed by atoms with Gasteiger partial charge in [-0.25, -0.2) is 0 Å². The van der Waals surface area contributed by atoms with E-state index in [2.05, 4.69) is 198 Å². The zero-order valence-electron chi connectivity index (χ0n) is 27.8. The molecule has 8 aromatic carbocycles. The van der Waals surface area contributed by atoms with Gasteiger partial charge in [0.25, 0.3) is 0 Å². The molecular formula is C48H32N2O. The number of nitrogens with zero attached hydrogens (tertiary/aromatic N) is 2. The summed E-state index contributed by atoms with van der Waals surface area (Å²) in [6.45, 7) is 0. The molecule has 0 saturated heterocycles. The van der Waals surface area contributed by atoms with Gasteiger partial charge >= 0.3 is 0 Å². The first-order valence-electron chi connectivity index (χ1n) is 17.4. The normalized spacial score (nSPS) is 11.5. The molecule has 10 aromatic rings. The lowest BCUT2D eigenvalue weighted by atomic mass is 10.00. The Bertz CT molecular complexity index is 2850. The molecule has 2 heterocycles. The lowest BCUT2D eigenvalue weighted by molar-refractivity contribution is 0.669. The van der Waals surface area contributed by atoms with Crippen LogP contribution in [0.1, 0.15) is 0 Å². The van der Waals surface area contributed by atoms with Gasteiger partial charge in [0.05, 0.1) is 27.8 Å². The number of aromatic nitrogens is 1. The van der Waals surface area contributed by atoms with Crippen LogP contribution in [0.2, 0.25) is 0 Å². The predicted octanol–water partition coefficient (Wildman–Crippen LogP) is 13.5. The maximum atomic E-state index is 6.44. The van der Waals surface area contributed by atoms with Crippen LogP contribution in [0.4, 0.5) is 17.1 Å². The zero-order chi connectivity index (χ0) is 33.7. The molecule has 0 N–H and O–H groups in total. The van der Waals surface area contributed by atoms with E-state index in [1.165, 1.54) is 27.4 Å². The van der Waals surface area contributed by atoms with Crippen molar-refractivity contribution in [2.75, 3.05) is 4.90 Å². The molecule has 0 aliphatic rings. The van der Waals surface area contributed by atoms with Crippen molar-refractivity contribution in [2.45, 2.75) is 0 Å². The molecule has 0 aliphatic heterocycles. The number of furan rings is 1. The quantitative estimate of drug-likeness (QED) is 0.178. The zero-order valence-corrected chi connectivity index (χ0v) is 27.8. The average molecular weight is 653 g/mol. The minimum Gasteiger partial charge on any atom is -0.456 e. The molecule has 0 fully saturated rings. The smallest absolute Gasteiger partial charge is 0.137 e. The van der Waals surface area contributed by atoms with Gasteiger partial charge in [-0.1, -0.05) is 127 Å². The van der Waals surface area contributed by atoms with E-state index in [0.717, 1.165) is 61.3 Å². The molecule has 3 heteroatoms. The summed E-state index contributed by atoms with van der Waals surface area (Å²) < 4.78 is 8.82. The van der Waals surface area contributed by atoms with Crippen molar-refractivity contribution < 1.29 is 4.42 Å². The fourth-order valence-electron chi connectivity index (χ4n) is 7.70. The summed E-state index contributed by atoms with van der Waals surface area (Å²) in [6, 6.07) is 69.2. The summed E-state index contributed by atoms with van der Waals surface area (Å²) in [4.78, 5) is 2.42. The summed E-state index contributed by atoms with van der Waals surface area (Å²) in [5, 5.41) is 4.59. The number of rotatable bonds is 6. The molecule has 10 rings (SSSR count). The van der Waals surface area contributed by atoms with Crippen LogP contribution in [0.25, 0.3) is 71.7 Å². The SMILES string of the molecule is c1ccc(-c2ccc3c(c2)c2cc(N(c4ccccc4-c4ccccc4)c4cccc5oc6ccccc6c45)ccc2n3-c2ccccc2)cc1. The van der Waals surface area contributed by atoms with Crippen molar-refractivity contribution in [2.24, 2.45) is 0 Å². The molecule has 2 aromatic heterocycles. The molecule has 0 amide bonds. The predicted molar refractivity (Wildman–Crippen MR) is 214 cm³/mol. The molecule has 0 radical (unpaired) electrons. The second-order valence-corrected chi connectivity index (χ2v) is 12.9. The maximum absolute atomic E-state index is 6.44. The van der Waals surface area contributed by atoms with Gasteiger partial charge < -0.3 is 13.9 Å². The molecule has 51 heavy (non-hydrogen) atoms. The van der Waals surface area contributed by atoms with Crippen LogP contribution in [0.3, 0.4) is 0 Å². The third kappa shape index (κ3) is 4.82. The topological polar surface area (TPSA) is 21.3 Å².